The Morgan fingerprint density at radius 3 is 2.22 bits per heavy atom. The number of benzene rings is 3. The first-order valence-electron chi connectivity index (χ1n) is 22.1. The van der Waals surface area contributed by atoms with Gasteiger partial charge in [-0.05, 0) is 130 Å². The predicted octanol–water partition coefficient (Wildman–Crippen LogP) is 6.53. The van der Waals surface area contributed by atoms with Crippen LogP contribution in [0.2, 0.25) is 5.02 Å². The number of alkyl halides is 1. The van der Waals surface area contributed by atoms with Crippen molar-refractivity contribution in [3.05, 3.63) is 112 Å². The summed E-state index contributed by atoms with van der Waals surface area (Å²) in [7, 11) is 1.41. The van der Waals surface area contributed by atoms with Crippen LogP contribution in [0.25, 0.3) is 16.7 Å². The number of alkyl carbamates (subject to hydrolysis) is 1. The summed E-state index contributed by atoms with van der Waals surface area (Å²) < 4.78 is 5.33. The summed E-state index contributed by atoms with van der Waals surface area (Å²) >= 11 is 11.8. The van der Waals surface area contributed by atoms with E-state index in [-0.39, 0.29) is 42.5 Å². The molecule has 0 radical (unpaired) electrons. The van der Waals surface area contributed by atoms with E-state index in [2.05, 4.69) is 32.3 Å². The minimum atomic E-state index is -1.41. The highest BCUT2D eigenvalue weighted by Gasteiger charge is 2.36. The van der Waals surface area contributed by atoms with Crippen molar-refractivity contribution in [2.75, 3.05) is 19.5 Å². The molecule has 1 heterocycles. The maximum Gasteiger partial charge on any atom is 0.407 e. The van der Waals surface area contributed by atoms with Crippen LogP contribution in [0.5, 0.6) is 5.75 Å². The lowest BCUT2D eigenvalue weighted by Gasteiger charge is -2.33. The van der Waals surface area contributed by atoms with E-state index in [4.69, 9.17) is 27.9 Å². The second kappa shape index (κ2) is 22.9. The zero-order valence-electron chi connectivity index (χ0n) is 38.6. The Labute approximate surface area is 400 Å². The van der Waals surface area contributed by atoms with Crippen LogP contribution in [0.3, 0.4) is 0 Å². The number of nitrogens with zero attached hydrogens (tertiary/aromatic N) is 1. The first-order chi connectivity index (χ1) is 31.6. The van der Waals surface area contributed by atoms with Crippen LogP contribution in [0.4, 0.5) is 4.79 Å². The molecule has 6 N–H and O–H groups in total. The molecule has 0 aromatic heterocycles. The number of unbranched alkanes of at least 4 members (excludes halogenated alkanes) is 1. The number of phenolic OH excluding ortho intramolecular Hbond substituents is 1. The summed E-state index contributed by atoms with van der Waals surface area (Å²) in [6.07, 6.45) is 3.72. The fourth-order valence-corrected chi connectivity index (χ4v) is 7.89. The van der Waals surface area contributed by atoms with Gasteiger partial charge in [-0.15, -0.1) is 17.3 Å². The number of nitrogens with one attached hydrogen (secondary N) is 5. The van der Waals surface area contributed by atoms with Gasteiger partial charge in [0.05, 0.1) is 11.9 Å². The van der Waals surface area contributed by atoms with Gasteiger partial charge in [-0.25, -0.2) is 4.79 Å². The average Bonchev–Trinajstić information content (AvgIpc) is 3.28. The molecule has 2 aliphatic rings. The smallest absolute Gasteiger partial charge is 0.407 e. The number of hydrogen-bond acceptors (Lipinski definition) is 9. The Morgan fingerprint density at radius 1 is 0.925 bits per heavy atom. The van der Waals surface area contributed by atoms with E-state index < -0.39 is 77.2 Å². The number of phenols is 1. The number of rotatable bonds is 14. The first kappa shape index (κ1) is 51.6. The summed E-state index contributed by atoms with van der Waals surface area (Å²) in [6.45, 7) is 10.2. The second-order valence-electron chi connectivity index (χ2n) is 17.7. The van der Waals surface area contributed by atoms with E-state index in [1.54, 1.807) is 75.4 Å². The Kier molecular flexibility index (Phi) is 17.6. The van der Waals surface area contributed by atoms with E-state index in [0.717, 1.165) is 11.1 Å². The average molecular weight is 958 g/mol. The van der Waals surface area contributed by atoms with Crippen LogP contribution >= 0.6 is 23.2 Å². The molecule has 6 atom stereocenters. The molecule has 0 saturated carbocycles. The van der Waals surface area contributed by atoms with Gasteiger partial charge in [0.25, 0.3) is 5.91 Å². The quantitative estimate of drug-likeness (QED) is 0.0589. The van der Waals surface area contributed by atoms with E-state index in [0.29, 0.717) is 40.1 Å². The third-order valence-corrected chi connectivity index (χ3v) is 11.8. The summed E-state index contributed by atoms with van der Waals surface area (Å²) in [6, 6.07) is 12.6. The number of ether oxygens (including phenoxy) is 1. The molecule has 4 bridgehead atoms. The number of aromatic hydroxyl groups is 1. The molecule has 0 fully saturated rings. The number of fused-ring (bicyclic) bond motifs is 4. The lowest BCUT2D eigenvalue weighted by atomic mass is 9.85. The zero-order chi connectivity index (χ0) is 49.2. The maximum absolute atomic E-state index is 14.8. The topological polar surface area (TPSA) is 212 Å². The van der Waals surface area contributed by atoms with Crippen molar-refractivity contribution in [2.24, 2.45) is 5.92 Å². The minimum absolute atomic E-state index is 0.0519. The summed E-state index contributed by atoms with van der Waals surface area (Å²) in [5, 5.41) is 25.4. The zero-order valence-corrected chi connectivity index (χ0v) is 40.1. The summed E-state index contributed by atoms with van der Waals surface area (Å²) in [4.78, 5) is 96.5. The van der Waals surface area contributed by atoms with Crippen LogP contribution in [-0.2, 0) is 28.7 Å². The minimum Gasteiger partial charge on any atom is -0.507 e. The molecule has 5 rings (SSSR count). The van der Waals surface area contributed by atoms with Gasteiger partial charge in [0.1, 0.15) is 35.5 Å². The molecule has 0 saturated heterocycles. The van der Waals surface area contributed by atoms with Gasteiger partial charge in [0.2, 0.25) is 23.6 Å². The molecule has 17 heteroatoms. The van der Waals surface area contributed by atoms with Gasteiger partial charge in [-0.1, -0.05) is 48.9 Å². The highest BCUT2D eigenvalue weighted by atomic mass is 35.5. The Bertz CT molecular complexity index is 2460. The number of amides is 6. The molecule has 15 nitrogen and oxygen atoms in total. The molecule has 6 amide bonds. The highest BCUT2D eigenvalue weighted by molar-refractivity contribution is 6.30. The molecular weight excluding hydrogens is 899 g/mol. The standard InChI is InChI=1S/C50H58Cl2N6O9/c1-28-11-12-31-24-37(28)38-26-35(19-22-41(38)59)43(47(64)55-30(3)44(61)57-40(25-31)46(63)54-29(2)42(60)27-51)58(7)48(65)39(10-8-9-23-53-49(66)67-50(4,5)6)56-45(62)34-15-13-32(14-16-34)33-17-20-36(52)21-18-33/h11,13-22,24,26,28-30,39-40,43,59H,8-10,23,25,27H2,1-7H3,(H,53,66)(H,54,63)(H,55,64)(H,56,62)(H,57,61). The Balaban J connectivity index is 1.48. The van der Waals surface area contributed by atoms with Crippen LogP contribution in [-0.4, -0.2) is 101 Å². The molecule has 3 aromatic carbocycles. The Morgan fingerprint density at radius 2 is 1.58 bits per heavy atom. The molecule has 1 aliphatic heterocycles. The van der Waals surface area contributed by atoms with Gasteiger partial charge in [-0.3, -0.25) is 28.8 Å². The van der Waals surface area contributed by atoms with Crippen molar-refractivity contribution >= 4 is 70.2 Å². The molecule has 1 aliphatic carbocycles. The van der Waals surface area contributed by atoms with Crippen molar-refractivity contribution in [1.29, 1.82) is 0 Å². The predicted molar refractivity (Wildman–Crippen MR) is 256 cm³/mol. The lowest BCUT2D eigenvalue weighted by molar-refractivity contribution is -0.141. The normalized spacial score (nSPS) is 19.2. The molecule has 67 heavy (non-hydrogen) atoms. The van der Waals surface area contributed by atoms with Crippen molar-refractivity contribution < 1.29 is 43.4 Å². The molecular formula is C50H58Cl2N6O9. The number of ketones is 1. The number of allylic oxidation sites excluding steroid dienone is 2. The number of halogens is 2. The monoisotopic (exact) mass is 956 g/mol. The number of Topliss-reactive ketones (excluding diaryl/α,β-unsaturated/α-hetero) is 1. The van der Waals surface area contributed by atoms with Crippen LogP contribution in [0.1, 0.15) is 94.8 Å². The fraction of sp³-hybridized carbons (Fsp3) is 0.400. The van der Waals surface area contributed by atoms with Crippen molar-refractivity contribution in [3.63, 3.8) is 0 Å². The van der Waals surface area contributed by atoms with Gasteiger partial charge in [0, 0.05) is 42.1 Å². The van der Waals surface area contributed by atoms with E-state index >= 15 is 0 Å². The van der Waals surface area contributed by atoms with Gasteiger partial charge in [-0.2, -0.15) is 0 Å². The van der Waals surface area contributed by atoms with Crippen molar-refractivity contribution in [2.45, 2.75) is 103 Å². The first-order valence-corrected chi connectivity index (χ1v) is 23.0. The SMILES string of the molecule is CC1C=C=C2C=C1c1cc(ccc1O)C(N(C)C(=O)C(CCCCNC(=O)OC(C)(C)C)NC(=O)c1ccc(-c3ccc(Cl)cc3)cc1)C(=O)NC(C)C(=O)NC(C(=O)NC(C)C(=O)CCl)C2. The largest absolute Gasteiger partial charge is 0.507 e. The number of carbonyl (C=O) groups is 7. The molecule has 6 unspecified atom stereocenters. The van der Waals surface area contributed by atoms with Gasteiger partial charge >= 0.3 is 6.09 Å². The van der Waals surface area contributed by atoms with E-state index in [1.165, 1.54) is 37.9 Å². The number of likely N-dealkylation sites (N-methyl/N-ethyl adjacent to an activating group) is 1. The number of carbonyl (C=O) groups excluding carboxylic acids is 7. The van der Waals surface area contributed by atoms with E-state index in [1.807, 2.05) is 19.1 Å². The van der Waals surface area contributed by atoms with Crippen LogP contribution in [0, 0.1) is 5.92 Å². The number of hydrogen-bond donors (Lipinski definition) is 6. The van der Waals surface area contributed by atoms with Crippen molar-refractivity contribution in [1.82, 2.24) is 31.5 Å². The Hall–Kier alpha value is -6.41. The van der Waals surface area contributed by atoms with Crippen LogP contribution in [0.15, 0.2) is 90.2 Å². The highest BCUT2D eigenvalue weighted by Crippen LogP contribution is 2.37. The second-order valence-corrected chi connectivity index (χ2v) is 18.4. The maximum atomic E-state index is 14.8. The summed E-state index contributed by atoms with van der Waals surface area (Å²) in [5.74, 6) is -4.56. The third-order valence-electron chi connectivity index (χ3n) is 11.3. The van der Waals surface area contributed by atoms with Crippen LogP contribution < -0.4 is 26.6 Å². The molecule has 356 valence electrons. The van der Waals surface area contributed by atoms with Gasteiger partial charge < -0.3 is 41.3 Å². The molecule has 3 aromatic rings. The molecule has 0 spiro atoms. The van der Waals surface area contributed by atoms with E-state index in [9.17, 15) is 38.7 Å². The third kappa shape index (κ3) is 14.1. The van der Waals surface area contributed by atoms with Crippen molar-refractivity contribution in [3.8, 4) is 16.9 Å². The fourth-order valence-electron chi connectivity index (χ4n) is 7.53. The summed E-state index contributed by atoms with van der Waals surface area (Å²) in [5.41, 5.74) is 6.21. The van der Waals surface area contributed by atoms with Gasteiger partial charge in [0.15, 0.2) is 5.78 Å². The lowest BCUT2D eigenvalue weighted by Crippen LogP contribution is -2.56.